The van der Waals surface area contributed by atoms with Crippen molar-refractivity contribution in [3.8, 4) is 5.75 Å². The molecule has 2 rings (SSSR count). The van der Waals surface area contributed by atoms with Crippen LogP contribution in [0.3, 0.4) is 0 Å². The Hall–Kier alpha value is -1.87. The number of halogens is 3. The first-order valence-electron chi connectivity index (χ1n) is 5.36. The second-order valence-electron chi connectivity index (χ2n) is 3.81. The highest BCUT2D eigenvalue weighted by atomic mass is 32.2. The van der Waals surface area contributed by atoms with Gasteiger partial charge < -0.3 is 15.1 Å². The fraction of sp³-hybridized carbons (Fsp3) is 0.182. The van der Waals surface area contributed by atoms with Crippen molar-refractivity contribution < 1.29 is 22.7 Å². The quantitative estimate of drug-likeness (QED) is 0.838. The van der Waals surface area contributed by atoms with Crippen LogP contribution in [0.25, 0.3) is 0 Å². The molecule has 3 N–H and O–H groups in total. The monoisotopic (exact) mass is 305 g/mol. The number of nitrogens with two attached hydrogens (primary N) is 1. The van der Waals surface area contributed by atoms with E-state index in [1.165, 1.54) is 35.1 Å². The van der Waals surface area contributed by atoms with Crippen LogP contribution in [0.2, 0.25) is 0 Å². The van der Waals surface area contributed by atoms with E-state index in [2.05, 4.69) is 10.1 Å². The summed E-state index contributed by atoms with van der Waals surface area (Å²) < 4.78 is 40.0. The highest BCUT2D eigenvalue weighted by molar-refractivity contribution is 8.04. The van der Waals surface area contributed by atoms with Crippen LogP contribution >= 0.6 is 11.8 Å². The second kappa shape index (κ2) is 5.63. The number of amides is 1. The van der Waals surface area contributed by atoms with Crippen LogP contribution in [-0.4, -0.2) is 23.2 Å². The number of alkyl halides is 3. The van der Waals surface area contributed by atoms with E-state index in [1.807, 2.05) is 0 Å². The van der Waals surface area contributed by atoms with Gasteiger partial charge in [0.1, 0.15) is 5.75 Å². The average molecular weight is 305 g/mol. The maximum Gasteiger partial charge on any atom is 0.573 e. The Morgan fingerprint density at radius 2 is 2.20 bits per heavy atom. The number of nitrogens with one attached hydrogen (secondary N) is 1. The van der Waals surface area contributed by atoms with Gasteiger partial charge in [0, 0.05) is 18.0 Å². The summed E-state index contributed by atoms with van der Waals surface area (Å²) in [5.41, 5.74) is 0.203. The van der Waals surface area contributed by atoms with E-state index in [1.54, 1.807) is 0 Å². The number of carbonyl (C=O) groups excluding carboxylic acids is 1. The summed E-state index contributed by atoms with van der Waals surface area (Å²) in [6.07, 6.45) is -3.32. The second-order valence-corrected chi connectivity index (χ2v) is 4.80. The van der Waals surface area contributed by atoms with Crippen molar-refractivity contribution in [3.05, 3.63) is 35.4 Å². The number of benzene rings is 1. The zero-order valence-corrected chi connectivity index (χ0v) is 10.8. The van der Waals surface area contributed by atoms with Crippen LogP contribution in [0.15, 0.2) is 35.4 Å². The summed E-state index contributed by atoms with van der Waals surface area (Å²) in [6.45, 7) is 0. The molecule has 5 nitrogen and oxygen atoms in total. The lowest BCUT2D eigenvalue weighted by atomic mass is 10.3. The van der Waals surface area contributed by atoms with Gasteiger partial charge in [0.2, 0.25) is 0 Å². The number of thioether (sulfide) groups is 1. The van der Waals surface area contributed by atoms with Crippen LogP contribution in [0.4, 0.5) is 18.9 Å². The van der Waals surface area contributed by atoms with Crippen molar-refractivity contribution in [2.75, 3.05) is 11.2 Å². The lowest BCUT2D eigenvalue weighted by molar-refractivity contribution is -0.274. The van der Waals surface area contributed by atoms with Gasteiger partial charge in [-0.1, -0.05) is 17.8 Å². The van der Waals surface area contributed by atoms with Gasteiger partial charge in [0.25, 0.3) is 5.91 Å². The normalized spacial score (nSPS) is 15.0. The number of carbonyl (C=O) groups is 1. The van der Waals surface area contributed by atoms with Gasteiger partial charge in [-0.2, -0.15) is 0 Å². The van der Waals surface area contributed by atoms with E-state index in [-0.39, 0.29) is 5.69 Å². The molecular formula is C11H10F3N3O2S. The fourth-order valence-corrected chi connectivity index (χ4v) is 2.21. The van der Waals surface area contributed by atoms with E-state index in [0.29, 0.717) is 10.8 Å². The molecule has 0 aliphatic carbocycles. The Morgan fingerprint density at radius 1 is 1.45 bits per heavy atom. The summed E-state index contributed by atoms with van der Waals surface area (Å²) in [4.78, 5) is 12.2. The SMILES string of the molecule is NN1C=C(C(=O)Nc2cccc(OC(F)(F)F)c2)SC1. The predicted octanol–water partition coefficient (Wildman–Crippen LogP) is 2.25. The van der Waals surface area contributed by atoms with Crippen molar-refractivity contribution in [1.82, 2.24) is 5.01 Å². The van der Waals surface area contributed by atoms with E-state index in [0.717, 1.165) is 12.1 Å². The summed E-state index contributed by atoms with van der Waals surface area (Å²) in [5.74, 6) is 5.07. The van der Waals surface area contributed by atoms with Gasteiger partial charge >= 0.3 is 6.36 Å². The molecule has 0 saturated carbocycles. The molecule has 0 spiro atoms. The molecule has 1 heterocycles. The first kappa shape index (κ1) is 14.5. The molecule has 108 valence electrons. The summed E-state index contributed by atoms with van der Waals surface area (Å²) in [7, 11) is 0. The lowest BCUT2D eigenvalue weighted by Crippen LogP contribution is -2.20. The highest BCUT2D eigenvalue weighted by Crippen LogP contribution is 2.27. The third kappa shape index (κ3) is 4.07. The van der Waals surface area contributed by atoms with Gasteiger partial charge in [-0.05, 0) is 12.1 Å². The topological polar surface area (TPSA) is 67.6 Å². The van der Waals surface area contributed by atoms with Crippen molar-refractivity contribution in [2.24, 2.45) is 5.84 Å². The number of nitrogens with zero attached hydrogens (tertiary/aromatic N) is 1. The van der Waals surface area contributed by atoms with E-state index >= 15 is 0 Å². The number of anilines is 1. The molecule has 0 saturated heterocycles. The number of hydrogen-bond donors (Lipinski definition) is 2. The van der Waals surface area contributed by atoms with Crippen molar-refractivity contribution in [3.63, 3.8) is 0 Å². The summed E-state index contributed by atoms with van der Waals surface area (Å²) in [5, 5.41) is 3.81. The molecular weight excluding hydrogens is 295 g/mol. The number of hydrazine groups is 1. The van der Waals surface area contributed by atoms with Crippen molar-refractivity contribution in [1.29, 1.82) is 0 Å². The molecule has 0 fully saturated rings. The van der Waals surface area contributed by atoms with E-state index in [9.17, 15) is 18.0 Å². The Balaban J connectivity index is 2.05. The molecule has 1 aliphatic heterocycles. The standard InChI is InChI=1S/C11H10F3N3O2S/c12-11(13,14)19-8-3-1-2-7(4-8)16-10(18)9-5-17(15)6-20-9/h1-5H,6,15H2,(H,16,18). The maximum atomic E-state index is 12.1. The highest BCUT2D eigenvalue weighted by Gasteiger charge is 2.31. The zero-order chi connectivity index (χ0) is 14.8. The molecule has 1 amide bonds. The molecule has 20 heavy (non-hydrogen) atoms. The zero-order valence-electron chi connectivity index (χ0n) is 9.98. The molecule has 1 aromatic carbocycles. The molecule has 1 aromatic rings. The van der Waals surface area contributed by atoms with Crippen molar-refractivity contribution in [2.45, 2.75) is 6.36 Å². The van der Waals surface area contributed by atoms with Crippen LogP contribution in [0.5, 0.6) is 5.75 Å². The van der Waals surface area contributed by atoms with Crippen LogP contribution in [0.1, 0.15) is 0 Å². The largest absolute Gasteiger partial charge is 0.573 e. The molecule has 9 heteroatoms. The van der Waals surface area contributed by atoms with Gasteiger partial charge in [-0.3, -0.25) is 4.79 Å². The molecule has 1 aliphatic rings. The number of hydrogen-bond acceptors (Lipinski definition) is 5. The Morgan fingerprint density at radius 3 is 2.80 bits per heavy atom. The van der Waals surface area contributed by atoms with Crippen LogP contribution < -0.4 is 15.9 Å². The van der Waals surface area contributed by atoms with Gasteiger partial charge in [-0.25, -0.2) is 5.84 Å². The minimum Gasteiger partial charge on any atom is -0.406 e. The Kier molecular flexibility index (Phi) is 4.09. The van der Waals surface area contributed by atoms with E-state index in [4.69, 9.17) is 5.84 Å². The van der Waals surface area contributed by atoms with Crippen LogP contribution in [0, 0.1) is 0 Å². The lowest BCUT2D eigenvalue weighted by Gasteiger charge is -2.10. The predicted molar refractivity (Wildman–Crippen MR) is 68.3 cm³/mol. The van der Waals surface area contributed by atoms with Crippen molar-refractivity contribution >= 4 is 23.4 Å². The summed E-state index contributed by atoms with van der Waals surface area (Å²) >= 11 is 1.23. The number of rotatable bonds is 3. The van der Waals surface area contributed by atoms with Gasteiger partial charge in [0.15, 0.2) is 0 Å². The third-order valence-electron chi connectivity index (χ3n) is 2.20. The maximum absolute atomic E-state index is 12.1. The Bertz CT molecular complexity index is 548. The fourth-order valence-electron chi connectivity index (χ4n) is 1.46. The first-order valence-corrected chi connectivity index (χ1v) is 6.35. The summed E-state index contributed by atoms with van der Waals surface area (Å²) in [6, 6.07) is 5.05. The number of ether oxygens (including phenoxy) is 1. The van der Waals surface area contributed by atoms with Gasteiger partial charge in [0.05, 0.1) is 10.8 Å². The smallest absolute Gasteiger partial charge is 0.406 e. The molecule has 0 atom stereocenters. The molecule has 0 bridgehead atoms. The average Bonchev–Trinajstić information content (AvgIpc) is 2.74. The Labute approximate surface area is 116 Å². The minimum absolute atomic E-state index is 0.203. The molecule has 0 aromatic heterocycles. The van der Waals surface area contributed by atoms with E-state index < -0.39 is 18.0 Å². The third-order valence-corrected chi connectivity index (χ3v) is 3.23. The molecule has 0 radical (unpaired) electrons. The first-order chi connectivity index (χ1) is 9.33. The molecule has 0 unspecified atom stereocenters. The minimum atomic E-state index is -4.77. The van der Waals surface area contributed by atoms with Crippen LogP contribution in [-0.2, 0) is 4.79 Å². The van der Waals surface area contributed by atoms with Gasteiger partial charge in [-0.15, -0.1) is 13.2 Å².